The van der Waals surface area contributed by atoms with Gasteiger partial charge in [-0.1, -0.05) is 0 Å². The van der Waals surface area contributed by atoms with E-state index >= 15 is 0 Å². The van der Waals surface area contributed by atoms with Crippen LogP contribution in [0.4, 0.5) is 5.69 Å². The number of hydrazone groups is 1. The van der Waals surface area contributed by atoms with Crippen molar-refractivity contribution in [1.82, 2.24) is 0 Å². The molecule has 1 aromatic rings. The number of anilines is 1. The van der Waals surface area contributed by atoms with Gasteiger partial charge in [-0.05, 0) is 56.9 Å². The van der Waals surface area contributed by atoms with Crippen molar-refractivity contribution in [2.75, 3.05) is 12.1 Å². The largest absolute Gasteiger partial charge is 0.266 e. The summed E-state index contributed by atoms with van der Waals surface area (Å²) >= 11 is 0. The first kappa shape index (κ1) is 12.3. The number of nitrogens with zero attached hydrogens (tertiary/aromatic N) is 2. The van der Waals surface area contributed by atoms with E-state index in [2.05, 4.69) is 25.9 Å². The Labute approximate surface area is 105 Å². The Balaban J connectivity index is 2.88. The zero-order chi connectivity index (χ0) is 12.9. The molecule has 3 nitrogen and oxygen atoms in total. The van der Waals surface area contributed by atoms with Gasteiger partial charge in [-0.15, -0.1) is 0 Å². The van der Waals surface area contributed by atoms with Crippen LogP contribution in [0.2, 0.25) is 0 Å². The molecule has 0 aromatic heterocycles. The summed E-state index contributed by atoms with van der Waals surface area (Å²) in [4.78, 5) is 0.931. The minimum absolute atomic E-state index is 0.672. The fourth-order valence-electron chi connectivity index (χ4n) is 2.32. The highest BCUT2D eigenvalue weighted by atomic mass is 32.2. The molecule has 0 radical (unpaired) electrons. The molecular weight excluding hydrogens is 232 g/mol. The van der Waals surface area contributed by atoms with Crippen molar-refractivity contribution >= 4 is 21.5 Å². The highest BCUT2D eigenvalue weighted by Gasteiger charge is 2.27. The second-order valence-electron chi connectivity index (χ2n) is 4.59. The molecule has 1 heterocycles. The Bertz CT molecular complexity index is 561. The molecule has 1 atom stereocenters. The molecule has 0 saturated carbocycles. The van der Waals surface area contributed by atoms with E-state index in [1.807, 2.05) is 25.9 Å². The molecule has 17 heavy (non-hydrogen) atoms. The lowest BCUT2D eigenvalue weighted by atomic mass is 9.97. The van der Waals surface area contributed by atoms with Crippen molar-refractivity contribution in [2.45, 2.75) is 39.5 Å². The Morgan fingerprint density at radius 1 is 0.941 bits per heavy atom. The predicted octanol–water partition coefficient (Wildman–Crippen LogP) is 2.81. The molecule has 0 fully saturated rings. The third kappa shape index (κ3) is 1.62. The van der Waals surface area contributed by atoms with Crippen molar-refractivity contribution in [3.63, 3.8) is 0 Å². The van der Waals surface area contributed by atoms with Crippen LogP contribution >= 0.6 is 0 Å². The van der Waals surface area contributed by atoms with Crippen LogP contribution in [0, 0.1) is 27.7 Å². The van der Waals surface area contributed by atoms with E-state index in [0.717, 1.165) is 16.1 Å². The monoisotopic (exact) mass is 250 g/mol. The fraction of sp³-hybridized carbons (Fsp3) is 0.462. The van der Waals surface area contributed by atoms with Crippen molar-refractivity contribution in [3.8, 4) is 0 Å². The van der Waals surface area contributed by atoms with Crippen molar-refractivity contribution in [1.29, 1.82) is 0 Å². The molecular formula is C13H18N2OS. The molecule has 4 heteroatoms. The number of rotatable bonds is 0. The highest BCUT2D eigenvalue weighted by Crippen LogP contribution is 2.38. The Morgan fingerprint density at radius 2 is 1.47 bits per heavy atom. The predicted molar refractivity (Wildman–Crippen MR) is 73.3 cm³/mol. The SMILES string of the molecule is CC1=NN(C)c2c(C)c(C)c(C)c(C)c2S1=O. The summed E-state index contributed by atoms with van der Waals surface area (Å²) in [5, 5.41) is 6.85. The zero-order valence-corrected chi connectivity index (χ0v) is 12.0. The molecule has 0 saturated heterocycles. The third-order valence-electron chi connectivity index (χ3n) is 3.67. The van der Waals surface area contributed by atoms with Gasteiger partial charge in [-0.3, -0.25) is 5.01 Å². The number of hydrogen-bond donors (Lipinski definition) is 0. The molecule has 0 spiro atoms. The summed E-state index contributed by atoms with van der Waals surface area (Å²) in [6, 6.07) is 0. The molecule has 0 amide bonds. The first-order valence-corrected chi connectivity index (χ1v) is 6.82. The van der Waals surface area contributed by atoms with Crippen LogP contribution in [-0.2, 0) is 10.8 Å². The van der Waals surface area contributed by atoms with Crippen LogP contribution in [0.25, 0.3) is 0 Å². The Hall–Kier alpha value is -1.16. The average molecular weight is 250 g/mol. The summed E-state index contributed by atoms with van der Waals surface area (Å²) < 4.78 is 12.4. The summed E-state index contributed by atoms with van der Waals surface area (Å²) in [6.45, 7) is 10.1. The molecule has 1 aromatic carbocycles. The molecule has 2 rings (SSSR count). The second kappa shape index (κ2) is 3.95. The van der Waals surface area contributed by atoms with E-state index in [1.165, 1.54) is 16.7 Å². The summed E-state index contributed by atoms with van der Waals surface area (Å²) in [5.41, 5.74) is 5.81. The lowest BCUT2D eigenvalue weighted by molar-refractivity contribution is 0.687. The van der Waals surface area contributed by atoms with E-state index in [1.54, 1.807) is 0 Å². The highest BCUT2D eigenvalue weighted by molar-refractivity contribution is 8.00. The first-order chi connectivity index (χ1) is 7.86. The van der Waals surface area contributed by atoms with Crippen LogP contribution in [-0.4, -0.2) is 16.3 Å². The van der Waals surface area contributed by atoms with Gasteiger partial charge in [-0.25, -0.2) is 4.21 Å². The zero-order valence-electron chi connectivity index (χ0n) is 11.2. The van der Waals surface area contributed by atoms with E-state index in [0.29, 0.717) is 5.04 Å². The van der Waals surface area contributed by atoms with Gasteiger partial charge in [0.05, 0.1) is 10.6 Å². The van der Waals surface area contributed by atoms with Gasteiger partial charge in [0, 0.05) is 7.05 Å². The van der Waals surface area contributed by atoms with Crippen LogP contribution < -0.4 is 5.01 Å². The third-order valence-corrected chi connectivity index (χ3v) is 5.16. The summed E-state index contributed by atoms with van der Waals surface area (Å²) in [5.74, 6) is 0. The Morgan fingerprint density at radius 3 is 2.06 bits per heavy atom. The minimum atomic E-state index is -1.11. The van der Waals surface area contributed by atoms with Gasteiger partial charge in [-0.2, -0.15) is 5.10 Å². The van der Waals surface area contributed by atoms with Crippen LogP contribution in [0.1, 0.15) is 29.2 Å². The first-order valence-electron chi connectivity index (χ1n) is 5.67. The van der Waals surface area contributed by atoms with E-state index in [4.69, 9.17) is 0 Å². The van der Waals surface area contributed by atoms with E-state index in [-0.39, 0.29) is 0 Å². The van der Waals surface area contributed by atoms with Gasteiger partial charge < -0.3 is 0 Å². The smallest absolute Gasteiger partial charge is 0.126 e. The molecule has 1 aliphatic heterocycles. The normalized spacial score (nSPS) is 19.1. The molecule has 92 valence electrons. The summed E-state index contributed by atoms with van der Waals surface area (Å²) in [6.07, 6.45) is 0. The molecule has 0 bridgehead atoms. The van der Waals surface area contributed by atoms with E-state index in [9.17, 15) is 4.21 Å². The van der Waals surface area contributed by atoms with Crippen LogP contribution in [0.5, 0.6) is 0 Å². The molecule has 0 aliphatic carbocycles. The van der Waals surface area contributed by atoms with Crippen molar-refractivity contribution < 1.29 is 4.21 Å². The maximum Gasteiger partial charge on any atom is 0.126 e. The van der Waals surface area contributed by atoms with E-state index < -0.39 is 10.8 Å². The fourth-order valence-corrected chi connectivity index (χ4v) is 3.70. The summed E-state index contributed by atoms with van der Waals surface area (Å²) in [7, 11) is 0.804. The van der Waals surface area contributed by atoms with Crippen molar-refractivity contribution in [2.24, 2.45) is 5.10 Å². The molecule has 1 aliphatic rings. The molecule has 1 unspecified atom stereocenters. The quantitative estimate of drug-likeness (QED) is 0.709. The number of fused-ring (bicyclic) bond motifs is 1. The Kier molecular flexibility index (Phi) is 2.86. The van der Waals surface area contributed by atoms with Gasteiger partial charge in [0.1, 0.15) is 15.8 Å². The standard InChI is InChI=1S/C13H18N2OS/c1-7-8(2)10(4)13-12(9(7)3)15(6)14-11(5)17(13)16/h1-6H3. The van der Waals surface area contributed by atoms with Gasteiger partial charge in [0.15, 0.2) is 0 Å². The van der Waals surface area contributed by atoms with Gasteiger partial charge >= 0.3 is 0 Å². The number of hydrogen-bond acceptors (Lipinski definition) is 3. The second-order valence-corrected chi connectivity index (χ2v) is 6.13. The maximum atomic E-state index is 12.4. The lowest BCUT2D eigenvalue weighted by Gasteiger charge is -2.28. The molecule has 0 N–H and O–H groups in total. The number of benzene rings is 1. The van der Waals surface area contributed by atoms with Crippen LogP contribution in [0.3, 0.4) is 0 Å². The topological polar surface area (TPSA) is 32.7 Å². The van der Waals surface area contributed by atoms with Gasteiger partial charge in [0.2, 0.25) is 0 Å². The average Bonchev–Trinajstić information content (AvgIpc) is 2.28. The van der Waals surface area contributed by atoms with Crippen LogP contribution in [0.15, 0.2) is 10.00 Å². The minimum Gasteiger partial charge on any atom is -0.266 e. The van der Waals surface area contributed by atoms with Crippen molar-refractivity contribution in [3.05, 3.63) is 22.3 Å². The lowest BCUT2D eigenvalue weighted by Crippen LogP contribution is -2.25. The maximum absolute atomic E-state index is 12.4. The van der Waals surface area contributed by atoms with Gasteiger partial charge in [0.25, 0.3) is 0 Å².